The van der Waals surface area contributed by atoms with E-state index in [-0.39, 0.29) is 6.54 Å². The van der Waals surface area contributed by atoms with Crippen LogP contribution in [0.4, 0.5) is 0 Å². The molecule has 0 fully saturated rings. The fourth-order valence-electron chi connectivity index (χ4n) is 3.35. The third kappa shape index (κ3) is 5.30. The van der Waals surface area contributed by atoms with E-state index in [0.29, 0.717) is 13.1 Å². The van der Waals surface area contributed by atoms with Gasteiger partial charge < -0.3 is 5.11 Å². The van der Waals surface area contributed by atoms with Gasteiger partial charge in [-0.25, -0.2) is 0 Å². The maximum atomic E-state index is 11.3. The minimum Gasteiger partial charge on any atom is -0.480 e. The lowest BCUT2D eigenvalue weighted by atomic mass is 10.1. The Morgan fingerprint density at radius 1 is 1.11 bits per heavy atom. The van der Waals surface area contributed by atoms with Crippen LogP contribution in [0.15, 0.2) is 60.8 Å². The van der Waals surface area contributed by atoms with Crippen LogP contribution in [0.2, 0.25) is 0 Å². The molecule has 3 rings (SSSR count). The van der Waals surface area contributed by atoms with E-state index in [2.05, 4.69) is 50.2 Å². The van der Waals surface area contributed by atoms with Crippen LogP contribution in [-0.2, 0) is 17.9 Å². The number of hydrogen-bond donors (Lipinski definition) is 1. The van der Waals surface area contributed by atoms with Crippen LogP contribution >= 0.6 is 0 Å². The van der Waals surface area contributed by atoms with Crippen molar-refractivity contribution in [2.24, 2.45) is 0 Å². The van der Waals surface area contributed by atoms with Crippen molar-refractivity contribution in [3.05, 3.63) is 77.5 Å². The molecular weight excluding hydrogens is 350 g/mol. The molecular formula is C23H27N3O2. The molecule has 146 valence electrons. The maximum Gasteiger partial charge on any atom is 0.317 e. The van der Waals surface area contributed by atoms with E-state index in [4.69, 9.17) is 5.10 Å². The lowest BCUT2D eigenvalue weighted by Crippen LogP contribution is -2.30. The van der Waals surface area contributed by atoms with Gasteiger partial charge in [-0.15, -0.1) is 0 Å². The SMILES string of the molecule is CCCN(CC(=O)O)Cc1cn(Cc2ccccc2)nc1-c1ccc(C)cc1. The summed E-state index contributed by atoms with van der Waals surface area (Å²) >= 11 is 0. The third-order valence-corrected chi connectivity index (χ3v) is 4.64. The summed E-state index contributed by atoms with van der Waals surface area (Å²) in [5.74, 6) is -0.804. The van der Waals surface area contributed by atoms with Crippen molar-refractivity contribution >= 4 is 5.97 Å². The number of carbonyl (C=O) groups is 1. The summed E-state index contributed by atoms with van der Waals surface area (Å²) in [6.45, 7) is 6.15. The van der Waals surface area contributed by atoms with E-state index in [1.54, 1.807) is 0 Å². The van der Waals surface area contributed by atoms with Crippen molar-refractivity contribution in [2.75, 3.05) is 13.1 Å². The van der Waals surface area contributed by atoms with E-state index in [1.165, 1.54) is 11.1 Å². The number of hydrogen-bond acceptors (Lipinski definition) is 3. The number of aromatic nitrogens is 2. The van der Waals surface area contributed by atoms with Crippen molar-refractivity contribution < 1.29 is 9.90 Å². The minimum atomic E-state index is -0.804. The molecule has 0 unspecified atom stereocenters. The number of nitrogens with zero attached hydrogens (tertiary/aromatic N) is 3. The molecule has 28 heavy (non-hydrogen) atoms. The zero-order valence-electron chi connectivity index (χ0n) is 16.5. The van der Waals surface area contributed by atoms with Crippen LogP contribution in [-0.4, -0.2) is 38.8 Å². The first-order valence-corrected chi connectivity index (χ1v) is 9.66. The second kappa shape index (κ2) is 9.33. The molecule has 5 nitrogen and oxygen atoms in total. The van der Waals surface area contributed by atoms with E-state index in [9.17, 15) is 9.90 Å². The summed E-state index contributed by atoms with van der Waals surface area (Å²) in [6, 6.07) is 18.5. The molecule has 0 bridgehead atoms. The zero-order chi connectivity index (χ0) is 19.9. The number of benzene rings is 2. The first-order chi connectivity index (χ1) is 13.5. The first-order valence-electron chi connectivity index (χ1n) is 9.66. The highest BCUT2D eigenvalue weighted by molar-refractivity contribution is 5.69. The topological polar surface area (TPSA) is 58.4 Å². The van der Waals surface area contributed by atoms with E-state index in [1.807, 2.05) is 34.0 Å². The quantitative estimate of drug-likeness (QED) is 0.607. The van der Waals surface area contributed by atoms with Crippen LogP contribution in [0, 0.1) is 6.92 Å². The maximum absolute atomic E-state index is 11.3. The summed E-state index contributed by atoms with van der Waals surface area (Å²) in [5.41, 5.74) is 5.41. The van der Waals surface area contributed by atoms with Crippen LogP contribution in [0.5, 0.6) is 0 Å². The third-order valence-electron chi connectivity index (χ3n) is 4.64. The number of rotatable bonds is 9. The Balaban J connectivity index is 1.93. The Labute approximate surface area is 166 Å². The molecule has 3 aromatic rings. The first kappa shape index (κ1) is 19.8. The van der Waals surface area contributed by atoms with Gasteiger partial charge in [-0.2, -0.15) is 5.10 Å². The van der Waals surface area contributed by atoms with Crippen LogP contribution in [0.3, 0.4) is 0 Å². The van der Waals surface area contributed by atoms with Crippen molar-refractivity contribution in [1.29, 1.82) is 0 Å². The number of carboxylic acids is 1. The van der Waals surface area contributed by atoms with Gasteiger partial charge in [0.1, 0.15) is 0 Å². The minimum absolute atomic E-state index is 0.0328. The summed E-state index contributed by atoms with van der Waals surface area (Å²) < 4.78 is 1.95. The standard InChI is InChI=1S/C23H27N3O2/c1-3-13-25(17-22(27)28)15-21-16-26(14-19-7-5-4-6-8-19)24-23(21)20-11-9-18(2)10-12-20/h4-12,16H,3,13-15,17H2,1-2H3,(H,27,28). The monoisotopic (exact) mass is 377 g/mol. The highest BCUT2D eigenvalue weighted by atomic mass is 16.4. The highest BCUT2D eigenvalue weighted by Gasteiger charge is 2.16. The Morgan fingerprint density at radius 3 is 2.46 bits per heavy atom. The van der Waals surface area contributed by atoms with Gasteiger partial charge in [0, 0.05) is 23.9 Å². The van der Waals surface area contributed by atoms with Crippen molar-refractivity contribution in [3.8, 4) is 11.3 Å². The van der Waals surface area contributed by atoms with Gasteiger partial charge in [-0.3, -0.25) is 14.4 Å². The lowest BCUT2D eigenvalue weighted by molar-refractivity contribution is -0.138. The average Bonchev–Trinajstić information content (AvgIpc) is 3.05. The molecule has 0 saturated heterocycles. The van der Waals surface area contributed by atoms with Crippen molar-refractivity contribution in [1.82, 2.24) is 14.7 Å². The van der Waals surface area contributed by atoms with Gasteiger partial charge in [0.25, 0.3) is 0 Å². The number of aliphatic carboxylic acids is 1. The smallest absolute Gasteiger partial charge is 0.317 e. The molecule has 2 aromatic carbocycles. The van der Waals surface area contributed by atoms with Crippen molar-refractivity contribution in [2.45, 2.75) is 33.4 Å². The van der Waals surface area contributed by atoms with Gasteiger partial charge >= 0.3 is 5.97 Å². The normalized spacial score (nSPS) is 11.1. The molecule has 0 spiro atoms. The molecule has 1 heterocycles. The Bertz CT molecular complexity index is 901. The molecule has 1 N–H and O–H groups in total. The largest absolute Gasteiger partial charge is 0.480 e. The predicted octanol–water partition coefficient (Wildman–Crippen LogP) is 4.20. The molecule has 0 saturated carbocycles. The molecule has 0 atom stereocenters. The fourth-order valence-corrected chi connectivity index (χ4v) is 3.35. The van der Waals surface area contributed by atoms with Crippen LogP contribution in [0.1, 0.15) is 30.0 Å². The fraction of sp³-hybridized carbons (Fsp3) is 0.304. The number of aryl methyl sites for hydroxylation is 1. The van der Waals surface area contributed by atoms with E-state index >= 15 is 0 Å². The second-order valence-corrected chi connectivity index (χ2v) is 7.16. The average molecular weight is 377 g/mol. The highest BCUT2D eigenvalue weighted by Crippen LogP contribution is 2.24. The second-order valence-electron chi connectivity index (χ2n) is 7.16. The summed E-state index contributed by atoms with van der Waals surface area (Å²) in [5, 5.41) is 14.1. The Kier molecular flexibility index (Phi) is 6.61. The molecule has 0 radical (unpaired) electrons. The van der Waals surface area contributed by atoms with Crippen LogP contribution < -0.4 is 0 Å². The van der Waals surface area contributed by atoms with Gasteiger partial charge in [-0.05, 0) is 25.5 Å². The van der Waals surface area contributed by atoms with Gasteiger partial charge in [0.2, 0.25) is 0 Å². The van der Waals surface area contributed by atoms with E-state index < -0.39 is 5.97 Å². The molecule has 0 amide bonds. The molecule has 0 aliphatic carbocycles. The summed E-state index contributed by atoms with van der Waals surface area (Å²) in [7, 11) is 0. The van der Waals surface area contributed by atoms with Crippen molar-refractivity contribution in [3.63, 3.8) is 0 Å². The zero-order valence-corrected chi connectivity index (χ0v) is 16.5. The summed E-state index contributed by atoms with van der Waals surface area (Å²) in [4.78, 5) is 13.2. The van der Waals surface area contributed by atoms with Crippen LogP contribution in [0.25, 0.3) is 11.3 Å². The predicted molar refractivity (Wildman–Crippen MR) is 111 cm³/mol. The van der Waals surface area contributed by atoms with Gasteiger partial charge in [0.05, 0.1) is 18.8 Å². The van der Waals surface area contributed by atoms with Gasteiger partial charge in [0.15, 0.2) is 0 Å². The summed E-state index contributed by atoms with van der Waals surface area (Å²) in [6.07, 6.45) is 2.96. The number of carboxylic acid groups (broad SMARTS) is 1. The van der Waals surface area contributed by atoms with E-state index in [0.717, 1.165) is 29.8 Å². The molecule has 1 aromatic heterocycles. The molecule has 5 heteroatoms. The Morgan fingerprint density at radius 2 is 1.82 bits per heavy atom. The molecule has 0 aliphatic heterocycles. The van der Waals surface area contributed by atoms with Gasteiger partial charge in [-0.1, -0.05) is 67.1 Å². The Hall–Kier alpha value is -2.92. The molecule has 0 aliphatic rings. The lowest BCUT2D eigenvalue weighted by Gasteiger charge is -2.19.